The molecule has 1 atom stereocenters. The molecule has 3 heterocycles. The summed E-state index contributed by atoms with van der Waals surface area (Å²) in [5.74, 6) is 1.84. The summed E-state index contributed by atoms with van der Waals surface area (Å²) in [6.07, 6.45) is 7.39. The molecule has 0 radical (unpaired) electrons. The molecule has 2 aromatic heterocycles. The zero-order valence-electron chi connectivity index (χ0n) is 16.2. The second-order valence-electron chi connectivity index (χ2n) is 6.65. The minimum absolute atomic E-state index is 0. The van der Waals surface area contributed by atoms with Crippen LogP contribution in [0.4, 0.5) is 0 Å². The molecular formula is C19H31IN6O. The number of halogens is 1. The van der Waals surface area contributed by atoms with Crippen LogP contribution in [-0.2, 0) is 13.6 Å². The molecule has 0 bridgehead atoms. The lowest BCUT2D eigenvalue weighted by Crippen LogP contribution is -2.44. The third-order valence-corrected chi connectivity index (χ3v) is 4.83. The average molecular weight is 486 g/mol. The summed E-state index contributed by atoms with van der Waals surface area (Å²) < 4.78 is 7.58. The maximum atomic E-state index is 5.72. The van der Waals surface area contributed by atoms with Crippen LogP contribution in [0.3, 0.4) is 0 Å². The maximum absolute atomic E-state index is 5.72. The van der Waals surface area contributed by atoms with Gasteiger partial charge in [-0.15, -0.1) is 24.0 Å². The van der Waals surface area contributed by atoms with Gasteiger partial charge in [0.15, 0.2) is 5.96 Å². The Kier molecular flexibility index (Phi) is 9.12. The van der Waals surface area contributed by atoms with Gasteiger partial charge in [0.25, 0.3) is 0 Å². The van der Waals surface area contributed by atoms with Crippen LogP contribution < -0.4 is 10.6 Å². The van der Waals surface area contributed by atoms with Crippen molar-refractivity contribution in [2.24, 2.45) is 12.0 Å². The number of rotatable bonds is 7. The molecule has 1 saturated heterocycles. The van der Waals surface area contributed by atoms with Crippen molar-refractivity contribution in [2.45, 2.75) is 38.8 Å². The third-order valence-electron chi connectivity index (χ3n) is 4.83. The van der Waals surface area contributed by atoms with Gasteiger partial charge in [0.1, 0.15) is 5.76 Å². The third kappa shape index (κ3) is 6.24. The Morgan fingerprint density at radius 3 is 2.70 bits per heavy atom. The van der Waals surface area contributed by atoms with Crippen molar-refractivity contribution in [1.82, 2.24) is 25.3 Å². The quantitative estimate of drug-likeness (QED) is 0.358. The molecule has 1 aliphatic rings. The number of guanidine groups is 1. The van der Waals surface area contributed by atoms with E-state index in [-0.39, 0.29) is 30.0 Å². The number of furan rings is 1. The fourth-order valence-electron chi connectivity index (χ4n) is 3.37. The Balaban J connectivity index is 0.00000261. The van der Waals surface area contributed by atoms with Crippen LogP contribution in [0.25, 0.3) is 0 Å². The van der Waals surface area contributed by atoms with E-state index in [2.05, 4.69) is 33.6 Å². The van der Waals surface area contributed by atoms with E-state index >= 15 is 0 Å². The second kappa shape index (κ2) is 11.3. The summed E-state index contributed by atoms with van der Waals surface area (Å²) in [6, 6.07) is 6.26. The highest BCUT2D eigenvalue weighted by atomic mass is 127. The smallest absolute Gasteiger partial charge is 0.191 e. The highest BCUT2D eigenvalue weighted by Crippen LogP contribution is 2.24. The molecular weight excluding hydrogens is 455 g/mol. The maximum Gasteiger partial charge on any atom is 0.191 e. The summed E-state index contributed by atoms with van der Waals surface area (Å²) >= 11 is 0. The minimum atomic E-state index is 0. The predicted octanol–water partition coefficient (Wildman–Crippen LogP) is 2.91. The van der Waals surface area contributed by atoms with E-state index in [1.807, 2.05) is 23.9 Å². The van der Waals surface area contributed by atoms with Crippen molar-refractivity contribution in [1.29, 1.82) is 0 Å². The number of aliphatic imine (C=N–C) groups is 1. The van der Waals surface area contributed by atoms with Crippen molar-refractivity contribution in [3.8, 4) is 0 Å². The van der Waals surface area contributed by atoms with Gasteiger partial charge in [-0.25, -0.2) is 4.99 Å². The first-order chi connectivity index (χ1) is 12.8. The standard InChI is InChI=1S/C19H30N6O.HI/c1-3-20-19(21-14-16-9-10-23-24(16)2)22-15-17(18-8-7-13-26-18)25-11-5-4-6-12-25;/h7-10,13,17H,3-6,11-12,14-15H2,1-2H3,(H2,20,21,22);1H. The van der Waals surface area contributed by atoms with E-state index in [1.165, 1.54) is 19.3 Å². The molecule has 2 aromatic rings. The SMILES string of the molecule is CCNC(=NCc1ccnn1C)NCC(c1ccco1)N1CCCCC1.I. The van der Waals surface area contributed by atoms with Gasteiger partial charge in [-0.1, -0.05) is 6.42 Å². The van der Waals surface area contributed by atoms with E-state index in [0.717, 1.165) is 43.6 Å². The van der Waals surface area contributed by atoms with Crippen molar-refractivity contribution in [2.75, 3.05) is 26.2 Å². The number of hydrogen-bond donors (Lipinski definition) is 2. The Labute approximate surface area is 178 Å². The van der Waals surface area contributed by atoms with Crippen LogP contribution in [-0.4, -0.2) is 46.8 Å². The molecule has 1 fully saturated rings. The van der Waals surface area contributed by atoms with Gasteiger partial charge in [-0.05, 0) is 51.1 Å². The molecule has 3 rings (SSSR count). The zero-order valence-corrected chi connectivity index (χ0v) is 18.6. The van der Waals surface area contributed by atoms with Crippen molar-refractivity contribution in [3.63, 3.8) is 0 Å². The van der Waals surface area contributed by atoms with Crippen molar-refractivity contribution in [3.05, 3.63) is 42.1 Å². The van der Waals surface area contributed by atoms with Crippen LogP contribution in [0.1, 0.15) is 43.7 Å². The lowest BCUT2D eigenvalue weighted by atomic mass is 10.1. The molecule has 0 amide bonds. The van der Waals surface area contributed by atoms with E-state index in [4.69, 9.17) is 9.41 Å². The van der Waals surface area contributed by atoms with Gasteiger partial charge in [0.05, 0.1) is 24.5 Å². The van der Waals surface area contributed by atoms with E-state index in [1.54, 1.807) is 12.5 Å². The highest BCUT2D eigenvalue weighted by Gasteiger charge is 2.24. The predicted molar refractivity (Wildman–Crippen MR) is 118 cm³/mol. The van der Waals surface area contributed by atoms with Gasteiger partial charge < -0.3 is 15.1 Å². The molecule has 1 unspecified atom stereocenters. The van der Waals surface area contributed by atoms with Gasteiger partial charge in [-0.2, -0.15) is 5.10 Å². The number of likely N-dealkylation sites (tertiary alicyclic amines) is 1. The second-order valence-corrected chi connectivity index (χ2v) is 6.65. The Hall–Kier alpha value is -1.55. The monoisotopic (exact) mass is 486 g/mol. The number of hydrogen-bond acceptors (Lipinski definition) is 4. The zero-order chi connectivity index (χ0) is 18.2. The summed E-state index contributed by atoms with van der Waals surface area (Å²) in [7, 11) is 1.94. The topological polar surface area (TPSA) is 70.6 Å². The first-order valence-corrected chi connectivity index (χ1v) is 9.54. The fraction of sp³-hybridized carbons (Fsp3) is 0.579. The van der Waals surface area contributed by atoms with Gasteiger partial charge in [-0.3, -0.25) is 9.58 Å². The normalized spacial score (nSPS) is 16.6. The molecule has 2 N–H and O–H groups in total. The first kappa shape index (κ1) is 21.7. The Morgan fingerprint density at radius 1 is 1.26 bits per heavy atom. The number of aryl methyl sites for hydroxylation is 1. The fourth-order valence-corrected chi connectivity index (χ4v) is 3.37. The molecule has 7 nitrogen and oxygen atoms in total. The molecule has 8 heteroatoms. The molecule has 0 spiro atoms. The molecule has 27 heavy (non-hydrogen) atoms. The van der Waals surface area contributed by atoms with Crippen LogP contribution in [0, 0.1) is 0 Å². The lowest BCUT2D eigenvalue weighted by Gasteiger charge is -2.33. The molecule has 0 saturated carbocycles. The van der Waals surface area contributed by atoms with Crippen LogP contribution in [0.15, 0.2) is 40.1 Å². The largest absolute Gasteiger partial charge is 0.468 e. The van der Waals surface area contributed by atoms with Crippen LogP contribution in [0.2, 0.25) is 0 Å². The summed E-state index contributed by atoms with van der Waals surface area (Å²) in [6.45, 7) is 6.51. The van der Waals surface area contributed by atoms with Crippen LogP contribution in [0.5, 0.6) is 0 Å². The lowest BCUT2D eigenvalue weighted by molar-refractivity contribution is 0.146. The Morgan fingerprint density at radius 2 is 2.07 bits per heavy atom. The minimum Gasteiger partial charge on any atom is -0.468 e. The molecule has 150 valence electrons. The van der Waals surface area contributed by atoms with Crippen molar-refractivity contribution >= 4 is 29.9 Å². The van der Waals surface area contributed by atoms with E-state index in [0.29, 0.717) is 6.54 Å². The average Bonchev–Trinajstić information content (AvgIpc) is 3.33. The molecule has 0 aliphatic carbocycles. The number of aromatic nitrogens is 2. The van der Waals surface area contributed by atoms with Gasteiger partial charge in [0.2, 0.25) is 0 Å². The van der Waals surface area contributed by atoms with E-state index in [9.17, 15) is 0 Å². The molecule has 0 aromatic carbocycles. The summed E-state index contributed by atoms with van der Waals surface area (Å²) in [5.41, 5.74) is 1.08. The number of piperidine rings is 1. The molecule has 1 aliphatic heterocycles. The first-order valence-electron chi connectivity index (χ1n) is 9.54. The van der Waals surface area contributed by atoms with Crippen LogP contribution >= 0.6 is 24.0 Å². The summed E-state index contributed by atoms with van der Waals surface area (Å²) in [5, 5.41) is 11.0. The number of nitrogens with one attached hydrogen (secondary N) is 2. The van der Waals surface area contributed by atoms with E-state index < -0.39 is 0 Å². The van der Waals surface area contributed by atoms with Gasteiger partial charge in [0, 0.05) is 26.3 Å². The highest BCUT2D eigenvalue weighted by molar-refractivity contribution is 14.0. The Bertz CT molecular complexity index is 678. The number of nitrogens with zero attached hydrogens (tertiary/aromatic N) is 4. The summed E-state index contributed by atoms with van der Waals surface area (Å²) in [4.78, 5) is 7.21. The van der Waals surface area contributed by atoms with Gasteiger partial charge >= 0.3 is 0 Å². The van der Waals surface area contributed by atoms with Crippen molar-refractivity contribution < 1.29 is 4.42 Å².